The molecule has 2 N–H and O–H groups in total. The first-order valence-electron chi connectivity index (χ1n) is 4.66. The van der Waals surface area contributed by atoms with Crippen LogP contribution in [0.2, 0.25) is 0 Å². The fourth-order valence-corrected chi connectivity index (χ4v) is 1.15. The van der Waals surface area contributed by atoms with Gasteiger partial charge in [0, 0.05) is 11.8 Å². The van der Waals surface area contributed by atoms with Crippen LogP contribution in [0.3, 0.4) is 0 Å². The molecule has 0 aromatic carbocycles. The van der Waals surface area contributed by atoms with Crippen LogP contribution >= 0.6 is 0 Å². The summed E-state index contributed by atoms with van der Waals surface area (Å²) in [7, 11) is 1.62. The van der Waals surface area contributed by atoms with Gasteiger partial charge in [0.2, 0.25) is 5.88 Å². The van der Waals surface area contributed by atoms with Crippen LogP contribution in [-0.2, 0) is 0 Å². The van der Waals surface area contributed by atoms with Gasteiger partial charge < -0.3 is 10.5 Å². The van der Waals surface area contributed by atoms with Gasteiger partial charge in [0.15, 0.2) is 0 Å². The first kappa shape index (κ1) is 10.7. The van der Waals surface area contributed by atoms with E-state index < -0.39 is 0 Å². The summed E-state index contributed by atoms with van der Waals surface area (Å²) in [6.07, 6.45) is 4.98. The third-order valence-corrected chi connectivity index (χ3v) is 1.94. The van der Waals surface area contributed by atoms with E-state index in [1.54, 1.807) is 7.11 Å². The van der Waals surface area contributed by atoms with Crippen molar-refractivity contribution in [3.63, 3.8) is 0 Å². The van der Waals surface area contributed by atoms with E-state index in [2.05, 4.69) is 11.1 Å². The minimum atomic E-state index is 0.651. The highest BCUT2D eigenvalue weighted by Gasteiger charge is 1.97. The van der Waals surface area contributed by atoms with Gasteiger partial charge in [-0.1, -0.05) is 12.2 Å². The molecule has 3 heteroatoms. The molecule has 0 aliphatic rings. The molecule has 0 aliphatic carbocycles. The topological polar surface area (TPSA) is 48.1 Å². The number of nitrogens with two attached hydrogens (primary N) is 1. The van der Waals surface area contributed by atoms with E-state index in [9.17, 15) is 0 Å². The fraction of sp³-hybridized carbons (Fsp3) is 0.364. The smallest absolute Gasteiger partial charge is 0.213 e. The number of hydrogen-bond acceptors (Lipinski definition) is 3. The van der Waals surface area contributed by atoms with Gasteiger partial charge in [-0.05, 0) is 31.5 Å². The maximum Gasteiger partial charge on any atom is 0.213 e. The average Bonchev–Trinajstić information content (AvgIpc) is 2.20. The van der Waals surface area contributed by atoms with Crippen molar-refractivity contribution in [2.24, 2.45) is 5.73 Å². The molecule has 0 saturated carbocycles. The third-order valence-electron chi connectivity index (χ3n) is 1.94. The van der Waals surface area contributed by atoms with Crippen LogP contribution in [0.15, 0.2) is 18.2 Å². The van der Waals surface area contributed by atoms with Gasteiger partial charge in [-0.15, -0.1) is 0 Å². The molecule has 1 aromatic heterocycles. The monoisotopic (exact) mass is 192 g/mol. The molecule has 0 atom stereocenters. The summed E-state index contributed by atoms with van der Waals surface area (Å²) in [6, 6.07) is 3.85. The second-order valence-electron chi connectivity index (χ2n) is 3.01. The predicted molar refractivity (Wildman–Crippen MR) is 58.2 cm³/mol. The largest absolute Gasteiger partial charge is 0.481 e. The summed E-state index contributed by atoms with van der Waals surface area (Å²) in [5.74, 6) is 0.651. The van der Waals surface area contributed by atoms with Crippen molar-refractivity contribution >= 4 is 6.08 Å². The van der Waals surface area contributed by atoms with E-state index in [1.165, 1.54) is 0 Å². The molecule has 0 amide bonds. The number of pyridine rings is 1. The van der Waals surface area contributed by atoms with E-state index in [-0.39, 0.29) is 0 Å². The normalized spacial score (nSPS) is 10.8. The molecule has 0 radical (unpaired) electrons. The number of methoxy groups -OCH3 is 1. The van der Waals surface area contributed by atoms with E-state index >= 15 is 0 Å². The Morgan fingerprint density at radius 3 is 2.86 bits per heavy atom. The van der Waals surface area contributed by atoms with Crippen molar-refractivity contribution in [1.82, 2.24) is 4.98 Å². The maximum atomic E-state index is 5.39. The van der Waals surface area contributed by atoms with Crippen LogP contribution in [0.5, 0.6) is 5.88 Å². The Balaban J connectivity index is 2.78. The molecule has 0 spiro atoms. The van der Waals surface area contributed by atoms with Crippen LogP contribution in [-0.4, -0.2) is 18.6 Å². The molecule has 76 valence electrons. The molecule has 0 unspecified atom stereocenters. The molecule has 3 nitrogen and oxygen atoms in total. The summed E-state index contributed by atoms with van der Waals surface area (Å²) in [4.78, 5) is 4.27. The zero-order valence-corrected chi connectivity index (χ0v) is 8.66. The Kier molecular flexibility index (Phi) is 4.13. The van der Waals surface area contributed by atoms with Gasteiger partial charge in [-0.25, -0.2) is 4.98 Å². The lowest BCUT2D eigenvalue weighted by Gasteiger charge is -2.02. The van der Waals surface area contributed by atoms with Crippen molar-refractivity contribution in [1.29, 1.82) is 0 Å². The molecule has 1 heterocycles. The standard InChI is InChI=1S/C11H16N2O/c1-9-10(5-3-4-8-12)6-7-11(13-9)14-2/h3,5-7H,4,8,12H2,1-2H3. The fourth-order valence-electron chi connectivity index (χ4n) is 1.15. The molecule has 1 aromatic rings. The van der Waals surface area contributed by atoms with E-state index in [0.29, 0.717) is 12.4 Å². The SMILES string of the molecule is COc1ccc(C=CCCN)c(C)n1. The molecule has 0 aliphatic heterocycles. The summed E-state index contributed by atoms with van der Waals surface area (Å²) in [5.41, 5.74) is 7.47. The second-order valence-corrected chi connectivity index (χ2v) is 3.01. The first-order chi connectivity index (χ1) is 6.77. The number of rotatable bonds is 4. The van der Waals surface area contributed by atoms with Crippen molar-refractivity contribution in [2.75, 3.05) is 13.7 Å². The Hall–Kier alpha value is -1.35. The predicted octanol–water partition coefficient (Wildman–Crippen LogP) is 1.76. The first-order valence-corrected chi connectivity index (χ1v) is 4.66. The summed E-state index contributed by atoms with van der Waals surface area (Å²) in [6.45, 7) is 2.64. The summed E-state index contributed by atoms with van der Waals surface area (Å²) in [5, 5.41) is 0. The van der Waals surface area contributed by atoms with Gasteiger partial charge in [0.1, 0.15) is 0 Å². The van der Waals surface area contributed by atoms with Gasteiger partial charge in [0.25, 0.3) is 0 Å². The van der Waals surface area contributed by atoms with Gasteiger partial charge in [-0.2, -0.15) is 0 Å². The molecule has 0 saturated heterocycles. The Bertz CT molecular complexity index is 321. The Morgan fingerprint density at radius 2 is 2.29 bits per heavy atom. The number of ether oxygens (including phenoxy) is 1. The summed E-state index contributed by atoms with van der Waals surface area (Å²) >= 11 is 0. The zero-order chi connectivity index (χ0) is 10.4. The summed E-state index contributed by atoms with van der Waals surface area (Å²) < 4.78 is 5.02. The zero-order valence-electron chi connectivity index (χ0n) is 8.66. The lowest BCUT2D eigenvalue weighted by Crippen LogP contribution is -1.95. The Morgan fingerprint density at radius 1 is 1.50 bits per heavy atom. The molecular formula is C11H16N2O. The minimum Gasteiger partial charge on any atom is -0.481 e. The van der Waals surface area contributed by atoms with E-state index in [0.717, 1.165) is 17.7 Å². The lowest BCUT2D eigenvalue weighted by molar-refractivity contribution is 0.397. The molecule has 14 heavy (non-hydrogen) atoms. The quantitative estimate of drug-likeness (QED) is 0.790. The van der Waals surface area contributed by atoms with Crippen molar-refractivity contribution in [3.05, 3.63) is 29.5 Å². The molecule has 0 bridgehead atoms. The van der Waals surface area contributed by atoms with E-state index in [4.69, 9.17) is 10.5 Å². The third kappa shape index (κ3) is 2.85. The molecular weight excluding hydrogens is 176 g/mol. The number of aromatic nitrogens is 1. The van der Waals surface area contributed by atoms with E-state index in [1.807, 2.05) is 25.1 Å². The Labute approximate surface area is 84.6 Å². The van der Waals surface area contributed by atoms with Crippen LogP contribution < -0.4 is 10.5 Å². The number of nitrogens with zero attached hydrogens (tertiary/aromatic N) is 1. The number of hydrogen-bond donors (Lipinski definition) is 1. The van der Waals surface area contributed by atoms with Crippen molar-refractivity contribution < 1.29 is 4.74 Å². The maximum absolute atomic E-state index is 5.39. The van der Waals surface area contributed by atoms with Crippen LogP contribution in [0.25, 0.3) is 6.08 Å². The van der Waals surface area contributed by atoms with Gasteiger partial charge in [-0.3, -0.25) is 0 Å². The van der Waals surface area contributed by atoms with Crippen molar-refractivity contribution in [3.8, 4) is 5.88 Å². The lowest BCUT2D eigenvalue weighted by atomic mass is 10.2. The number of aryl methyl sites for hydroxylation is 1. The average molecular weight is 192 g/mol. The van der Waals surface area contributed by atoms with Gasteiger partial charge in [0.05, 0.1) is 7.11 Å². The van der Waals surface area contributed by atoms with Crippen molar-refractivity contribution in [2.45, 2.75) is 13.3 Å². The van der Waals surface area contributed by atoms with Crippen LogP contribution in [0, 0.1) is 6.92 Å². The second kappa shape index (κ2) is 5.40. The van der Waals surface area contributed by atoms with Gasteiger partial charge >= 0.3 is 0 Å². The molecule has 0 fully saturated rings. The van der Waals surface area contributed by atoms with Crippen LogP contribution in [0.4, 0.5) is 0 Å². The minimum absolute atomic E-state index is 0.651. The highest BCUT2D eigenvalue weighted by Crippen LogP contribution is 2.13. The molecule has 1 rings (SSSR count). The highest BCUT2D eigenvalue weighted by atomic mass is 16.5. The highest BCUT2D eigenvalue weighted by molar-refractivity contribution is 5.52. The van der Waals surface area contributed by atoms with Crippen LogP contribution in [0.1, 0.15) is 17.7 Å².